The number of fused-ring (bicyclic) bond motifs is 2. The van der Waals surface area contributed by atoms with Crippen LogP contribution in [0.15, 0.2) is 72.8 Å². The summed E-state index contributed by atoms with van der Waals surface area (Å²) in [5.74, 6) is 2.19. The number of rotatable bonds is 9. The highest BCUT2D eigenvalue weighted by Gasteiger charge is 2.13. The molecule has 0 aliphatic heterocycles. The van der Waals surface area contributed by atoms with Gasteiger partial charge in [-0.2, -0.15) is 0 Å². The first-order valence-corrected chi connectivity index (χ1v) is 12.4. The maximum atomic E-state index is 11.9. The zero-order chi connectivity index (χ0) is 25.8. The molecule has 5 rings (SSSR count). The molecule has 0 saturated carbocycles. The average molecular weight is 494 g/mol. The van der Waals surface area contributed by atoms with Crippen molar-refractivity contribution in [2.24, 2.45) is 0 Å². The molecule has 0 atom stereocenters. The number of allylic oxidation sites excluding steroid dienone is 1. The van der Waals surface area contributed by atoms with Gasteiger partial charge >= 0.3 is 0 Å². The maximum absolute atomic E-state index is 11.9. The van der Waals surface area contributed by atoms with Crippen LogP contribution >= 0.6 is 0 Å². The first-order valence-electron chi connectivity index (χ1n) is 12.4. The van der Waals surface area contributed by atoms with Crippen molar-refractivity contribution in [1.82, 2.24) is 19.8 Å². The summed E-state index contributed by atoms with van der Waals surface area (Å²) in [7, 11) is 5.44. The Bertz CT molecular complexity index is 1450. The predicted octanol–water partition coefficient (Wildman–Crippen LogP) is 5.01. The Morgan fingerprint density at radius 2 is 1.84 bits per heavy atom. The molecular formula is C30H31N5O2. The Morgan fingerprint density at radius 1 is 1.00 bits per heavy atom. The molecule has 7 nitrogen and oxygen atoms in total. The highest BCUT2D eigenvalue weighted by Crippen LogP contribution is 2.31. The van der Waals surface area contributed by atoms with Gasteiger partial charge in [0, 0.05) is 37.3 Å². The number of amides is 1. The lowest BCUT2D eigenvalue weighted by atomic mass is 10.1. The van der Waals surface area contributed by atoms with Crippen molar-refractivity contribution in [3.8, 4) is 17.1 Å². The van der Waals surface area contributed by atoms with E-state index in [0.717, 1.165) is 40.1 Å². The van der Waals surface area contributed by atoms with Crippen LogP contribution in [0.3, 0.4) is 0 Å². The second-order valence-corrected chi connectivity index (χ2v) is 9.46. The molecule has 1 heterocycles. The number of hydrogen-bond acceptors (Lipinski definition) is 6. The van der Waals surface area contributed by atoms with Gasteiger partial charge in [0.15, 0.2) is 5.82 Å². The Kier molecular flexibility index (Phi) is 7.14. The van der Waals surface area contributed by atoms with E-state index in [9.17, 15) is 4.79 Å². The van der Waals surface area contributed by atoms with Crippen LogP contribution in [0.4, 0.5) is 11.5 Å². The van der Waals surface area contributed by atoms with Gasteiger partial charge in [0.1, 0.15) is 18.2 Å². The SMILES string of the molecule is CN(CCOc1ccc2nc(-c3ccccc3)nc(Nc3ccc4c(c3)C=CC4)c2c1)CC(=O)N(C)C. The molecule has 0 fully saturated rings. The summed E-state index contributed by atoms with van der Waals surface area (Å²) in [6, 6.07) is 22.3. The lowest BCUT2D eigenvalue weighted by molar-refractivity contribution is -0.129. The van der Waals surface area contributed by atoms with E-state index in [0.29, 0.717) is 25.5 Å². The molecular weight excluding hydrogens is 462 g/mol. The Balaban J connectivity index is 1.41. The highest BCUT2D eigenvalue weighted by atomic mass is 16.5. The number of hydrogen-bond donors (Lipinski definition) is 1. The Hall–Kier alpha value is -4.23. The third-order valence-electron chi connectivity index (χ3n) is 6.39. The first-order chi connectivity index (χ1) is 18.0. The van der Waals surface area contributed by atoms with Crippen molar-refractivity contribution in [1.29, 1.82) is 0 Å². The van der Waals surface area contributed by atoms with Crippen molar-refractivity contribution < 1.29 is 9.53 Å². The number of anilines is 2. The summed E-state index contributed by atoms with van der Waals surface area (Å²) in [6.07, 6.45) is 5.31. The topological polar surface area (TPSA) is 70.6 Å². The summed E-state index contributed by atoms with van der Waals surface area (Å²) < 4.78 is 6.05. The molecule has 188 valence electrons. The molecule has 1 N–H and O–H groups in total. The molecule has 4 aromatic rings. The number of ether oxygens (including phenoxy) is 1. The molecule has 1 amide bonds. The summed E-state index contributed by atoms with van der Waals surface area (Å²) in [5, 5.41) is 4.41. The van der Waals surface area contributed by atoms with Gasteiger partial charge in [-0.3, -0.25) is 9.69 Å². The fourth-order valence-electron chi connectivity index (χ4n) is 4.24. The Morgan fingerprint density at radius 3 is 2.65 bits per heavy atom. The van der Waals surface area contributed by atoms with Crippen LogP contribution in [0.2, 0.25) is 0 Å². The lowest BCUT2D eigenvalue weighted by Crippen LogP contribution is -2.36. The number of carbonyl (C=O) groups excluding carboxylic acids is 1. The summed E-state index contributed by atoms with van der Waals surface area (Å²) in [4.78, 5) is 25.2. The maximum Gasteiger partial charge on any atom is 0.236 e. The second-order valence-electron chi connectivity index (χ2n) is 9.46. The third kappa shape index (κ3) is 5.78. The van der Waals surface area contributed by atoms with Gasteiger partial charge in [-0.25, -0.2) is 9.97 Å². The fourth-order valence-corrected chi connectivity index (χ4v) is 4.24. The normalized spacial score (nSPS) is 12.1. The van der Waals surface area contributed by atoms with E-state index in [1.807, 2.05) is 60.5 Å². The van der Waals surface area contributed by atoms with E-state index in [1.54, 1.807) is 19.0 Å². The quantitative estimate of drug-likeness (QED) is 0.354. The summed E-state index contributed by atoms with van der Waals surface area (Å²) in [5.41, 5.74) is 5.32. The van der Waals surface area contributed by atoms with Gasteiger partial charge in [-0.05, 0) is 54.9 Å². The molecule has 0 spiro atoms. The second kappa shape index (κ2) is 10.8. The van der Waals surface area contributed by atoms with Crippen molar-refractivity contribution in [3.05, 3.63) is 83.9 Å². The van der Waals surface area contributed by atoms with E-state index in [2.05, 4.69) is 35.7 Å². The number of benzene rings is 3. The number of carbonyl (C=O) groups is 1. The van der Waals surface area contributed by atoms with Crippen molar-refractivity contribution in [3.63, 3.8) is 0 Å². The Labute approximate surface area is 217 Å². The molecule has 37 heavy (non-hydrogen) atoms. The third-order valence-corrected chi connectivity index (χ3v) is 6.39. The standard InChI is InChI=1S/C30H31N5O2/c1-34(2)28(36)20-35(3)16-17-37-25-14-15-27-26(19-25)30(33-29(32-27)22-8-5-4-6-9-22)31-24-13-12-21-10-7-11-23(21)18-24/h4-9,11-15,18-19H,10,16-17,20H2,1-3H3,(H,31,32,33). The van der Waals surface area contributed by atoms with Crippen LogP contribution in [-0.4, -0.2) is 66.5 Å². The minimum atomic E-state index is 0.0670. The van der Waals surface area contributed by atoms with E-state index in [-0.39, 0.29) is 5.91 Å². The molecule has 1 aliphatic rings. The monoisotopic (exact) mass is 493 g/mol. The number of nitrogens with zero attached hydrogens (tertiary/aromatic N) is 4. The van der Waals surface area contributed by atoms with E-state index >= 15 is 0 Å². The van der Waals surface area contributed by atoms with E-state index in [4.69, 9.17) is 14.7 Å². The van der Waals surface area contributed by atoms with Crippen LogP contribution < -0.4 is 10.1 Å². The number of likely N-dealkylation sites (N-methyl/N-ethyl adjacent to an activating group) is 2. The fraction of sp³-hybridized carbons (Fsp3) is 0.233. The number of aromatic nitrogens is 2. The van der Waals surface area contributed by atoms with Crippen LogP contribution in [0.1, 0.15) is 11.1 Å². The van der Waals surface area contributed by atoms with Gasteiger partial charge in [0.05, 0.1) is 12.1 Å². The van der Waals surface area contributed by atoms with Crippen molar-refractivity contribution in [2.45, 2.75) is 6.42 Å². The van der Waals surface area contributed by atoms with Crippen LogP contribution in [-0.2, 0) is 11.2 Å². The van der Waals surface area contributed by atoms with Gasteiger partial charge < -0.3 is 15.0 Å². The summed E-state index contributed by atoms with van der Waals surface area (Å²) in [6.45, 7) is 1.45. The first kappa shape index (κ1) is 24.5. The zero-order valence-corrected chi connectivity index (χ0v) is 21.4. The van der Waals surface area contributed by atoms with Gasteiger partial charge in [0.25, 0.3) is 0 Å². The summed E-state index contributed by atoms with van der Waals surface area (Å²) >= 11 is 0. The van der Waals surface area contributed by atoms with Gasteiger partial charge in [-0.1, -0.05) is 48.6 Å². The molecule has 0 bridgehead atoms. The van der Waals surface area contributed by atoms with Crippen molar-refractivity contribution in [2.75, 3.05) is 46.2 Å². The van der Waals surface area contributed by atoms with E-state index in [1.165, 1.54) is 11.1 Å². The van der Waals surface area contributed by atoms with Crippen LogP contribution in [0.5, 0.6) is 5.75 Å². The molecule has 7 heteroatoms. The largest absolute Gasteiger partial charge is 0.492 e. The number of nitrogens with one attached hydrogen (secondary N) is 1. The molecule has 1 aromatic heterocycles. The molecule has 0 radical (unpaired) electrons. The average Bonchev–Trinajstić information content (AvgIpc) is 3.37. The minimum Gasteiger partial charge on any atom is -0.492 e. The lowest BCUT2D eigenvalue weighted by Gasteiger charge is -2.19. The van der Waals surface area contributed by atoms with Gasteiger partial charge in [-0.15, -0.1) is 0 Å². The smallest absolute Gasteiger partial charge is 0.236 e. The van der Waals surface area contributed by atoms with Crippen LogP contribution in [0, 0.1) is 0 Å². The predicted molar refractivity (Wildman–Crippen MR) is 149 cm³/mol. The molecule has 3 aromatic carbocycles. The minimum absolute atomic E-state index is 0.0670. The molecule has 0 unspecified atom stereocenters. The van der Waals surface area contributed by atoms with E-state index < -0.39 is 0 Å². The molecule has 0 saturated heterocycles. The zero-order valence-electron chi connectivity index (χ0n) is 21.4. The van der Waals surface area contributed by atoms with Crippen LogP contribution in [0.25, 0.3) is 28.4 Å². The van der Waals surface area contributed by atoms with Gasteiger partial charge in [0.2, 0.25) is 5.91 Å². The molecule has 1 aliphatic carbocycles. The highest BCUT2D eigenvalue weighted by molar-refractivity contribution is 5.93. The van der Waals surface area contributed by atoms with Crippen molar-refractivity contribution >= 4 is 34.4 Å².